The molecule has 0 atom stereocenters. The van der Waals surface area contributed by atoms with Crippen LogP contribution in [-0.4, -0.2) is 226 Å². The van der Waals surface area contributed by atoms with Gasteiger partial charge in [0.25, 0.3) is 0 Å². The van der Waals surface area contributed by atoms with E-state index in [9.17, 15) is 0 Å². The molecular weight excluding hydrogens is 687 g/mol. The van der Waals surface area contributed by atoms with Gasteiger partial charge in [0, 0.05) is 0 Å². The molecule has 0 spiro atoms. The van der Waals surface area contributed by atoms with E-state index in [-0.39, 0.29) is 0 Å². The van der Waals surface area contributed by atoms with Gasteiger partial charge in [0.15, 0.2) is 0 Å². The van der Waals surface area contributed by atoms with Gasteiger partial charge in [-0.2, -0.15) is 0 Å². The van der Waals surface area contributed by atoms with Crippen molar-refractivity contribution in [2.75, 3.05) is 19.6 Å². The fourth-order valence-corrected chi connectivity index (χ4v) is 1.48. The van der Waals surface area contributed by atoms with Crippen molar-refractivity contribution in [2.24, 2.45) is 0 Å². The monoisotopic (exact) mass is 743 g/mol. The maximum atomic E-state index is 7.17. The minimum atomic E-state index is -2.17. The first kappa shape index (κ1) is 73.8. The molecule has 0 unspecified atom stereocenters. The number of nitrogens with zero attached hydrogens (tertiary/aromatic N) is 1. The molecule has 0 radical (unpaired) electrons. The zero-order valence-corrected chi connectivity index (χ0v) is 27.1. The highest BCUT2D eigenvalue weighted by atomic mass is 16.6. The molecule has 0 saturated heterocycles. The summed E-state index contributed by atoms with van der Waals surface area (Å²) in [7, 11) is -19.5. The number of hydrogen-bond donors (Lipinski definition) is 27. The van der Waals surface area contributed by atoms with Gasteiger partial charge in [-0.1, -0.05) is 40.0 Å². The number of unbranched alkanes of at least 4 members (excludes halogenated alkanes) is 3. The fraction of sp³-hybridized carbons (Fsp3) is 1.00. The molecule has 0 rings (SSSR count). The summed E-state index contributed by atoms with van der Waals surface area (Å²) < 4.78 is 0. The molecule has 0 aromatic heterocycles. The maximum Gasteiger partial charge on any atom is 0.631 e. The van der Waals surface area contributed by atoms with E-state index >= 15 is 0 Å². The maximum absolute atomic E-state index is 7.17. The molecule has 0 fully saturated rings. The summed E-state index contributed by atoms with van der Waals surface area (Å²) in [6, 6.07) is 0. The van der Waals surface area contributed by atoms with Crippen molar-refractivity contribution in [2.45, 2.75) is 59.3 Å². The molecule has 296 valence electrons. The highest BCUT2D eigenvalue weighted by Gasteiger charge is 2.02. The first-order valence-electron chi connectivity index (χ1n) is 13.0. The van der Waals surface area contributed by atoms with Crippen LogP contribution in [0.1, 0.15) is 59.3 Å². The lowest BCUT2D eigenvalue weighted by molar-refractivity contribution is 0.261. The third-order valence-corrected chi connectivity index (χ3v) is 2.48. The zero-order valence-electron chi connectivity index (χ0n) is 27.1. The molecule has 37 heteroatoms. The van der Waals surface area contributed by atoms with Crippen molar-refractivity contribution in [3.8, 4) is 0 Å². The van der Waals surface area contributed by atoms with E-state index in [2.05, 4.69) is 25.7 Å². The minimum absolute atomic E-state index is 1.32. The largest absolute Gasteiger partial charge is 0.631 e. The van der Waals surface area contributed by atoms with Crippen LogP contribution < -0.4 is 0 Å². The van der Waals surface area contributed by atoms with Crippen molar-refractivity contribution < 1.29 is 136 Å². The van der Waals surface area contributed by atoms with Gasteiger partial charge >= 0.3 is 65.9 Å². The van der Waals surface area contributed by atoms with Crippen LogP contribution in [0.25, 0.3) is 0 Å². The molecule has 0 aromatic carbocycles. The molecule has 0 heterocycles. The van der Waals surface area contributed by atoms with Crippen molar-refractivity contribution in [1.82, 2.24) is 4.90 Å². The molecule has 28 nitrogen and oxygen atoms in total. The minimum Gasteiger partial charge on any atom is -0.402 e. The van der Waals surface area contributed by atoms with E-state index in [1.807, 2.05) is 0 Å². The average molecular weight is 742 g/mol. The Balaban J connectivity index is -0.0000000455. The first-order valence-corrected chi connectivity index (χ1v) is 13.0. The Bertz CT molecular complexity index is 340. The second-order valence-corrected chi connectivity index (χ2v) is 7.02. The molecule has 0 aliphatic rings. The van der Waals surface area contributed by atoms with Gasteiger partial charge in [0.1, 0.15) is 0 Å². The third-order valence-electron chi connectivity index (χ3n) is 2.48. The van der Waals surface area contributed by atoms with Gasteiger partial charge in [-0.15, -0.1) is 0 Å². The Morgan fingerprint density at radius 3 is 0.388 bits per heavy atom. The molecule has 49 heavy (non-hydrogen) atoms. The highest BCUT2D eigenvalue weighted by Crippen LogP contribution is 2.01. The number of rotatable bonds is 9. The predicted molar refractivity (Wildman–Crippen MR) is 173 cm³/mol. The van der Waals surface area contributed by atoms with Gasteiger partial charge in [-0.3, -0.25) is 0 Å². The summed E-state index contributed by atoms with van der Waals surface area (Å²) in [6.45, 7) is 10.8. The molecule has 0 aliphatic heterocycles. The summed E-state index contributed by atoms with van der Waals surface area (Å²) in [4.78, 5) is 2.64. The van der Waals surface area contributed by atoms with E-state index in [4.69, 9.17) is 136 Å². The van der Waals surface area contributed by atoms with Crippen LogP contribution in [0.3, 0.4) is 0 Å². The quantitative estimate of drug-likeness (QED) is 0.0975. The summed E-state index contributed by atoms with van der Waals surface area (Å²) in [6.07, 6.45) is 8.09. The van der Waals surface area contributed by atoms with Crippen LogP contribution in [0.15, 0.2) is 0 Å². The molecule has 0 amide bonds. The second kappa shape index (κ2) is 69.3. The fourth-order valence-electron chi connectivity index (χ4n) is 1.48. The SMILES string of the molecule is CCCCN(CCCC)CCCC.OB(O)O.OB(O)O.OB(O)O.OB(O)O.OB(O)O.OB(O)O.OB(O)O.OB(O)O.OB(O)O. The zero-order chi connectivity index (χ0) is 42.1. The smallest absolute Gasteiger partial charge is 0.402 e. The van der Waals surface area contributed by atoms with Crippen LogP contribution in [0, 0.1) is 0 Å². The summed E-state index contributed by atoms with van der Waals surface area (Å²) in [5.41, 5.74) is 0. The highest BCUT2D eigenvalue weighted by molar-refractivity contribution is 6.32. The molecule has 0 aliphatic carbocycles. The summed E-state index contributed by atoms with van der Waals surface area (Å²) in [5, 5.41) is 193. The predicted octanol–water partition coefficient (Wildman–Crippen LogP) is -14.8. The van der Waals surface area contributed by atoms with E-state index < -0.39 is 65.9 Å². The Morgan fingerprint density at radius 1 is 0.245 bits per heavy atom. The topological polar surface area (TPSA) is 549 Å². The Labute approximate surface area is 285 Å². The van der Waals surface area contributed by atoms with Gasteiger partial charge < -0.3 is 141 Å². The van der Waals surface area contributed by atoms with Gasteiger partial charge in [0.2, 0.25) is 0 Å². The van der Waals surface area contributed by atoms with Gasteiger partial charge in [-0.25, -0.2) is 0 Å². The van der Waals surface area contributed by atoms with Crippen LogP contribution in [0.2, 0.25) is 0 Å². The van der Waals surface area contributed by atoms with Crippen molar-refractivity contribution in [3.05, 3.63) is 0 Å². The van der Waals surface area contributed by atoms with E-state index in [1.165, 1.54) is 58.2 Å². The molecule has 0 bridgehead atoms. The Morgan fingerprint density at radius 2 is 0.327 bits per heavy atom. The summed E-state index contributed by atoms with van der Waals surface area (Å²) in [5.74, 6) is 0. The normalized spacial score (nSPS) is 7.90. The third kappa shape index (κ3) is 746. The van der Waals surface area contributed by atoms with Crippen LogP contribution >= 0.6 is 0 Å². The van der Waals surface area contributed by atoms with Gasteiger partial charge in [-0.05, 0) is 38.9 Å². The van der Waals surface area contributed by atoms with Crippen LogP contribution in [0.5, 0.6) is 0 Å². The lowest BCUT2D eigenvalue weighted by Gasteiger charge is -2.21. The van der Waals surface area contributed by atoms with E-state index in [1.54, 1.807) is 0 Å². The standard InChI is InChI=1S/C12H27N.9BH3O3/c1-4-7-10-13(11-8-5-2)12-9-6-3;9*2-1(3)4/h4-12H2,1-3H3;9*2-4H. The van der Waals surface area contributed by atoms with Crippen molar-refractivity contribution >= 4 is 65.9 Å². The van der Waals surface area contributed by atoms with E-state index in [0.717, 1.165) is 0 Å². The lowest BCUT2D eigenvalue weighted by atomic mass is 10.2. The van der Waals surface area contributed by atoms with Crippen molar-refractivity contribution in [1.29, 1.82) is 0 Å². The lowest BCUT2D eigenvalue weighted by Crippen LogP contribution is -2.27. The summed E-state index contributed by atoms with van der Waals surface area (Å²) >= 11 is 0. The van der Waals surface area contributed by atoms with Gasteiger partial charge in [0.05, 0.1) is 0 Å². The molecular formula is C12H54B9NO27. The Kier molecular flexibility index (Phi) is 104. The molecule has 0 aromatic rings. The first-order chi connectivity index (χ1) is 21.9. The van der Waals surface area contributed by atoms with Crippen molar-refractivity contribution in [3.63, 3.8) is 0 Å². The molecule has 0 saturated carbocycles. The van der Waals surface area contributed by atoms with E-state index in [0.29, 0.717) is 0 Å². The van der Waals surface area contributed by atoms with Crippen LogP contribution in [-0.2, 0) is 0 Å². The Hall–Kier alpha value is -0.536. The average Bonchev–Trinajstić information content (AvgIpc) is 2.80. The number of hydrogen-bond acceptors (Lipinski definition) is 28. The second-order valence-electron chi connectivity index (χ2n) is 7.02. The van der Waals surface area contributed by atoms with Crippen LogP contribution in [0.4, 0.5) is 0 Å². The molecule has 27 N–H and O–H groups in total.